The van der Waals surface area contributed by atoms with E-state index in [2.05, 4.69) is 20.1 Å². The highest BCUT2D eigenvalue weighted by Gasteiger charge is 2.32. The number of pyridine rings is 2. The molecule has 0 fully saturated rings. The predicted molar refractivity (Wildman–Crippen MR) is 94.4 cm³/mol. The Morgan fingerprint density at radius 3 is 2.54 bits per heavy atom. The number of aromatic nitrogens is 4. The topological polar surface area (TPSA) is 87.8 Å². The smallest absolute Gasteiger partial charge is 0.384 e. The standard InChI is InChI=1S/C19H15F3N4O2/c1-9-16(10(2)28-26-9)12-5-13-14(8-25-18(13)24-7-12)17(27)11-3-4-15(23-6-11)19(20,21)22/h3-8,17,27H,1-2H3,(H,24,25). The Kier molecular flexibility index (Phi) is 4.19. The van der Waals surface area contributed by atoms with Crippen molar-refractivity contribution >= 4 is 11.0 Å². The fourth-order valence-corrected chi connectivity index (χ4v) is 3.20. The van der Waals surface area contributed by atoms with Crippen molar-refractivity contribution in [3.05, 3.63) is 65.1 Å². The third-order valence-electron chi connectivity index (χ3n) is 4.57. The zero-order valence-electron chi connectivity index (χ0n) is 14.9. The van der Waals surface area contributed by atoms with Crippen LogP contribution in [0.1, 0.15) is 34.4 Å². The number of H-pyrrole nitrogens is 1. The van der Waals surface area contributed by atoms with E-state index in [1.807, 2.05) is 13.0 Å². The van der Waals surface area contributed by atoms with Crippen LogP contribution in [0.2, 0.25) is 0 Å². The van der Waals surface area contributed by atoms with Gasteiger partial charge in [-0.2, -0.15) is 13.2 Å². The number of nitrogens with one attached hydrogen (secondary N) is 1. The van der Waals surface area contributed by atoms with E-state index in [-0.39, 0.29) is 5.56 Å². The zero-order valence-corrected chi connectivity index (χ0v) is 14.9. The molecule has 1 atom stereocenters. The SMILES string of the molecule is Cc1noc(C)c1-c1cnc2[nH]cc(C(O)c3ccc(C(F)(F)F)nc3)c2c1. The van der Waals surface area contributed by atoms with Crippen molar-refractivity contribution in [3.63, 3.8) is 0 Å². The number of hydrogen-bond donors (Lipinski definition) is 2. The Bertz CT molecular complexity index is 1130. The molecule has 4 aromatic rings. The van der Waals surface area contributed by atoms with Crippen LogP contribution in [0.5, 0.6) is 0 Å². The van der Waals surface area contributed by atoms with E-state index in [0.717, 1.165) is 23.4 Å². The molecule has 144 valence electrons. The molecule has 4 aromatic heterocycles. The summed E-state index contributed by atoms with van der Waals surface area (Å²) in [5, 5.41) is 15.3. The van der Waals surface area contributed by atoms with Crippen molar-refractivity contribution in [1.82, 2.24) is 20.1 Å². The number of aliphatic hydroxyl groups is 1. The molecule has 0 amide bonds. The Labute approximate surface area is 157 Å². The summed E-state index contributed by atoms with van der Waals surface area (Å²) >= 11 is 0. The number of aryl methyl sites for hydroxylation is 2. The third kappa shape index (κ3) is 3.03. The normalized spacial score (nSPS) is 13.2. The molecule has 0 saturated carbocycles. The Hall–Kier alpha value is -3.20. The number of halogens is 3. The van der Waals surface area contributed by atoms with Gasteiger partial charge in [-0.3, -0.25) is 4.98 Å². The van der Waals surface area contributed by atoms with Crippen LogP contribution in [0.3, 0.4) is 0 Å². The van der Waals surface area contributed by atoms with Crippen molar-refractivity contribution in [2.75, 3.05) is 0 Å². The van der Waals surface area contributed by atoms with Crippen molar-refractivity contribution in [2.24, 2.45) is 0 Å². The lowest BCUT2D eigenvalue weighted by Crippen LogP contribution is -2.09. The molecule has 0 saturated heterocycles. The number of alkyl halides is 3. The van der Waals surface area contributed by atoms with E-state index >= 15 is 0 Å². The molecular weight excluding hydrogens is 373 g/mol. The van der Waals surface area contributed by atoms with Gasteiger partial charge in [0, 0.05) is 46.2 Å². The van der Waals surface area contributed by atoms with Gasteiger partial charge in [-0.1, -0.05) is 11.2 Å². The highest BCUT2D eigenvalue weighted by Crippen LogP contribution is 2.34. The monoisotopic (exact) mass is 388 g/mol. The molecule has 28 heavy (non-hydrogen) atoms. The summed E-state index contributed by atoms with van der Waals surface area (Å²) in [6.07, 6.45) is -1.42. The zero-order chi connectivity index (χ0) is 20.1. The van der Waals surface area contributed by atoms with Crippen LogP contribution in [0.25, 0.3) is 22.2 Å². The summed E-state index contributed by atoms with van der Waals surface area (Å²) in [6, 6.07) is 3.90. The van der Waals surface area contributed by atoms with Gasteiger partial charge in [-0.15, -0.1) is 0 Å². The fraction of sp³-hybridized carbons (Fsp3) is 0.211. The summed E-state index contributed by atoms with van der Waals surface area (Å²) in [5.74, 6) is 0.642. The number of fused-ring (bicyclic) bond motifs is 1. The van der Waals surface area contributed by atoms with Gasteiger partial charge >= 0.3 is 6.18 Å². The quantitative estimate of drug-likeness (QED) is 0.545. The van der Waals surface area contributed by atoms with Crippen LogP contribution in [0, 0.1) is 13.8 Å². The van der Waals surface area contributed by atoms with Gasteiger partial charge < -0.3 is 14.6 Å². The van der Waals surface area contributed by atoms with E-state index in [0.29, 0.717) is 28.1 Å². The lowest BCUT2D eigenvalue weighted by molar-refractivity contribution is -0.141. The number of hydrogen-bond acceptors (Lipinski definition) is 5. The van der Waals surface area contributed by atoms with Gasteiger partial charge in [0.25, 0.3) is 0 Å². The van der Waals surface area contributed by atoms with Crippen molar-refractivity contribution in [1.29, 1.82) is 0 Å². The second-order valence-corrected chi connectivity index (χ2v) is 6.44. The summed E-state index contributed by atoms with van der Waals surface area (Å²) in [4.78, 5) is 10.7. The molecule has 0 bridgehead atoms. The first-order valence-corrected chi connectivity index (χ1v) is 8.37. The number of aliphatic hydroxyl groups excluding tert-OH is 1. The van der Waals surface area contributed by atoms with E-state index in [4.69, 9.17) is 4.52 Å². The molecule has 0 aliphatic carbocycles. The first-order valence-electron chi connectivity index (χ1n) is 8.37. The summed E-state index contributed by atoms with van der Waals surface area (Å²) in [5.41, 5.74) is 2.56. The first-order chi connectivity index (χ1) is 13.3. The highest BCUT2D eigenvalue weighted by atomic mass is 19.4. The molecule has 4 rings (SSSR count). The molecule has 0 radical (unpaired) electrons. The van der Waals surface area contributed by atoms with Gasteiger partial charge in [0.15, 0.2) is 0 Å². The average Bonchev–Trinajstić information content (AvgIpc) is 3.23. The Morgan fingerprint density at radius 1 is 1.14 bits per heavy atom. The van der Waals surface area contributed by atoms with Gasteiger partial charge in [0.2, 0.25) is 0 Å². The van der Waals surface area contributed by atoms with Crippen molar-refractivity contribution in [3.8, 4) is 11.1 Å². The van der Waals surface area contributed by atoms with Gasteiger partial charge in [0.05, 0.1) is 5.69 Å². The van der Waals surface area contributed by atoms with E-state index in [1.54, 1.807) is 19.3 Å². The van der Waals surface area contributed by atoms with Crippen LogP contribution in [-0.4, -0.2) is 25.2 Å². The Balaban J connectivity index is 1.75. The van der Waals surface area contributed by atoms with Crippen LogP contribution >= 0.6 is 0 Å². The molecule has 0 aromatic carbocycles. The lowest BCUT2D eigenvalue weighted by atomic mass is 10.00. The maximum absolute atomic E-state index is 12.7. The first kappa shape index (κ1) is 18.2. The maximum atomic E-state index is 12.7. The number of rotatable bonds is 3. The van der Waals surface area contributed by atoms with Crippen LogP contribution < -0.4 is 0 Å². The van der Waals surface area contributed by atoms with Crippen molar-refractivity contribution < 1.29 is 22.8 Å². The van der Waals surface area contributed by atoms with Crippen LogP contribution in [0.4, 0.5) is 13.2 Å². The molecule has 2 N–H and O–H groups in total. The van der Waals surface area contributed by atoms with Gasteiger partial charge in [-0.25, -0.2) is 4.98 Å². The molecule has 9 heteroatoms. The minimum atomic E-state index is -4.53. The van der Waals surface area contributed by atoms with Gasteiger partial charge in [0.1, 0.15) is 23.2 Å². The summed E-state index contributed by atoms with van der Waals surface area (Å²) in [7, 11) is 0. The molecule has 1 unspecified atom stereocenters. The maximum Gasteiger partial charge on any atom is 0.433 e. The number of aromatic amines is 1. The average molecular weight is 388 g/mol. The number of nitrogens with zero attached hydrogens (tertiary/aromatic N) is 3. The highest BCUT2D eigenvalue weighted by molar-refractivity contribution is 5.86. The largest absolute Gasteiger partial charge is 0.433 e. The summed E-state index contributed by atoms with van der Waals surface area (Å²) in [6.45, 7) is 3.61. The van der Waals surface area contributed by atoms with Gasteiger partial charge in [-0.05, 0) is 26.0 Å². The Morgan fingerprint density at radius 2 is 1.93 bits per heavy atom. The van der Waals surface area contributed by atoms with Crippen LogP contribution in [-0.2, 0) is 6.18 Å². The fourth-order valence-electron chi connectivity index (χ4n) is 3.20. The van der Waals surface area contributed by atoms with E-state index in [9.17, 15) is 18.3 Å². The minimum Gasteiger partial charge on any atom is -0.384 e. The van der Waals surface area contributed by atoms with Crippen LogP contribution in [0.15, 0.2) is 41.3 Å². The second kappa shape index (κ2) is 6.45. The molecule has 6 nitrogen and oxygen atoms in total. The lowest BCUT2D eigenvalue weighted by Gasteiger charge is -2.12. The van der Waals surface area contributed by atoms with E-state index < -0.39 is 18.0 Å². The third-order valence-corrected chi connectivity index (χ3v) is 4.57. The molecule has 4 heterocycles. The molecular formula is C19H15F3N4O2. The molecule has 0 aliphatic heterocycles. The molecule has 0 aliphatic rings. The second-order valence-electron chi connectivity index (χ2n) is 6.44. The molecule has 0 spiro atoms. The van der Waals surface area contributed by atoms with Crippen molar-refractivity contribution in [2.45, 2.75) is 26.1 Å². The minimum absolute atomic E-state index is 0.247. The summed E-state index contributed by atoms with van der Waals surface area (Å²) < 4.78 is 43.3. The van der Waals surface area contributed by atoms with E-state index in [1.165, 1.54) is 6.07 Å². The predicted octanol–water partition coefficient (Wildman–Crippen LogP) is 4.33.